The predicted octanol–water partition coefficient (Wildman–Crippen LogP) is 4.63. The van der Waals surface area contributed by atoms with Crippen molar-refractivity contribution in [2.45, 2.75) is 36.2 Å². The molecule has 7 heteroatoms. The molecule has 148 valence electrons. The number of anilines is 1. The summed E-state index contributed by atoms with van der Waals surface area (Å²) in [6.45, 7) is 6.59. The van der Waals surface area contributed by atoms with Crippen molar-refractivity contribution in [1.82, 2.24) is 0 Å². The van der Waals surface area contributed by atoms with Gasteiger partial charge >= 0.3 is 0 Å². The first-order valence-corrected chi connectivity index (χ1v) is 11.1. The Morgan fingerprint density at radius 3 is 2.30 bits per heavy atom. The normalized spacial score (nSPS) is 12.8. The molecule has 2 rings (SSSR count). The van der Waals surface area contributed by atoms with E-state index in [2.05, 4.69) is 18.6 Å². The average Bonchev–Trinajstić information content (AvgIpc) is 2.61. The van der Waals surface area contributed by atoms with Crippen molar-refractivity contribution in [3.8, 4) is 5.75 Å². The number of hydrogen-bond acceptors (Lipinski definition) is 5. The average molecular weight is 410 g/mol. The number of hydrogen-bond donors (Lipinski definition) is 1. The lowest BCUT2D eigenvalue weighted by Gasteiger charge is -2.23. The van der Waals surface area contributed by atoms with Crippen LogP contribution in [-0.4, -0.2) is 34.5 Å². The molecule has 5 nitrogen and oxygen atoms in total. The summed E-state index contributed by atoms with van der Waals surface area (Å²) in [5.74, 6) is 0.480. The Kier molecular flexibility index (Phi) is 7.59. The van der Waals surface area contributed by atoms with E-state index in [9.17, 15) is 8.42 Å². The van der Waals surface area contributed by atoms with E-state index in [1.165, 1.54) is 7.11 Å². The number of ether oxygens (including phenoxy) is 2. The number of thioether (sulfide) groups is 1. The van der Waals surface area contributed by atoms with Crippen LogP contribution in [0.5, 0.6) is 5.75 Å². The highest BCUT2D eigenvalue weighted by molar-refractivity contribution is 8.00. The monoisotopic (exact) mass is 409 g/mol. The van der Waals surface area contributed by atoms with E-state index < -0.39 is 10.0 Å². The van der Waals surface area contributed by atoms with Gasteiger partial charge in [-0.2, -0.15) is 0 Å². The number of methoxy groups -OCH3 is 2. The van der Waals surface area contributed by atoms with Crippen molar-refractivity contribution < 1.29 is 17.9 Å². The van der Waals surface area contributed by atoms with Crippen molar-refractivity contribution in [3.63, 3.8) is 0 Å². The molecule has 0 spiro atoms. The number of sulfonamides is 1. The van der Waals surface area contributed by atoms with Crippen LogP contribution in [0, 0.1) is 6.92 Å². The van der Waals surface area contributed by atoms with Gasteiger partial charge in [0.15, 0.2) is 0 Å². The SMILES string of the molecule is COCC(SC(C)C)c1cccc(OC)c1NS(=O)(=O)c1ccc(C)cc1. The van der Waals surface area contributed by atoms with Crippen molar-refractivity contribution in [2.24, 2.45) is 0 Å². The maximum absolute atomic E-state index is 12.9. The first kappa shape index (κ1) is 21.6. The van der Waals surface area contributed by atoms with E-state index in [-0.39, 0.29) is 10.1 Å². The van der Waals surface area contributed by atoms with Gasteiger partial charge in [0.1, 0.15) is 5.75 Å². The minimum atomic E-state index is -3.74. The summed E-state index contributed by atoms with van der Waals surface area (Å²) in [6.07, 6.45) is 0. The first-order valence-electron chi connectivity index (χ1n) is 8.69. The zero-order valence-corrected chi connectivity index (χ0v) is 18.0. The largest absolute Gasteiger partial charge is 0.495 e. The molecule has 27 heavy (non-hydrogen) atoms. The van der Waals surface area contributed by atoms with Gasteiger partial charge in [-0.25, -0.2) is 8.42 Å². The summed E-state index contributed by atoms with van der Waals surface area (Å²) in [4.78, 5) is 0.213. The standard InChI is InChI=1S/C20H27NO4S2/c1-14(2)26-19(13-24-4)17-7-6-8-18(25-5)20(17)21-27(22,23)16-11-9-15(3)10-12-16/h6-12,14,19,21H,13H2,1-5H3. The van der Waals surface area contributed by atoms with Crippen LogP contribution in [0.2, 0.25) is 0 Å². The Hall–Kier alpha value is -1.70. The van der Waals surface area contributed by atoms with Crippen molar-refractivity contribution >= 4 is 27.5 Å². The third-order valence-electron chi connectivity index (χ3n) is 3.95. The molecule has 0 amide bonds. The van der Waals surface area contributed by atoms with Gasteiger partial charge < -0.3 is 9.47 Å². The molecular weight excluding hydrogens is 382 g/mol. The van der Waals surface area contributed by atoms with Crippen molar-refractivity contribution in [1.29, 1.82) is 0 Å². The molecule has 0 radical (unpaired) electrons. The van der Waals surface area contributed by atoms with Gasteiger partial charge in [-0.3, -0.25) is 4.72 Å². The molecule has 0 bridgehead atoms. The molecule has 1 atom stereocenters. The zero-order chi connectivity index (χ0) is 20.0. The molecular formula is C20H27NO4S2. The minimum absolute atomic E-state index is 0.0270. The number of benzene rings is 2. The first-order chi connectivity index (χ1) is 12.8. The van der Waals surface area contributed by atoms with Gasteiger partial charge in [-0.15, -0.1) is 11.8 Å². The fourth-order valence-corrected chi connectivity index (χ4v) is 5.00. The molecule has 0 aliphatic carbocycles. The van der Waals surface area contributed by atoms with Crippen molar-refractivity contribution in [2.75, 3.05) is 25.5 Å². The second kappa shape index (κ2) is 9.48. The van der Waals surface area contributed by atoms with Crippen LogP contribution < -0.4 is 9.46 Å². The van der Waals surface area contributed by atoms with E-state index in [1.54, 1.807) is 49.2 Å². The van der Waals surface area contributed by atoms with Crippen LogP contribution in [0.1, 0.15) is 30.2 Å². The zero-order valence-electron chi connectivity index (χ0n) is 16.4. The number of nitrogens with one attached hydrogen (secondary N) is 1. The molecule has 1 N–H and O–H groups in total. The highest BCUT2D eigenvalue weighted by atomic mass is 32.2. The van der Waals surface area contributed by atoms with Gasteiger partial charge in [-0.05, 0) is 35.9 Å². The van der Waals surface area contributed by atoms with Gasteiger partial charge in [0.2, 0.25) is 0 Å². The van der Waals surface area contributed by atoms with E-state index >= 15 is 0 Å². The molecule has 0 saturated heterocycles. The van der Waals surface area contributed by atoms with Crippen LogP contribution in [0.15, 0.2) is 47.4 Å². The highest BCUT2D eigenvalue weighted by Crippen LogP contribution is 2.41. The second-order valence-corrected chi connectivity index (χ2v) is 9.94. The molecule has 0 aliphatic heterocycles. The maximum Gasteiger partial charge on any atom is 0.262 e. The molecule has 0 heterocycles. The number of rotatable bonds is 9. The van der Waals surface area contributed by atoms with Crippen LogP contribution >= 0.6 is 11.8 Å². The Morgan fingerprint density at radius 1 is 1.07 bits per heavy atom. The second-order valence-electron chi connectivity index (χ2n) is 6.47. The molecule has 2 aromatic rings. The van der Waals surface area contributed by atoms with Crippen LogP contribution in [0.25, 0.3) is 0 Å². The molecule has 0 aliphatic rings. The van der Waals surface area contributed by atoms with Crippen LogP contribution in [0.3, 0.4) is 0 Å². The lowest BCUT2D eigenvalue weighted by atomic mass is 10.1. The van der Waals surface area contributed by atoms with Gasteiger partial charge in [0.05, 0.1) is 29.5 Å². The summed E-state index contributed by atoms with van der Waals surface area (Å²) in [5, 5.41) is 0.332. The predicted molar refractivity (Wildman–Crippen MR) is 112 cm³/mol. The molecule has 1 unspecified atom stereocenters. The summed E-state index contributed by atoms with van der Waals surface area (Å²) in [5.41, 5.74) is 2.29. The van der Waals surface area contributed by atoms with Gasteiger partial charge in [0.25, 0.3) is 10.0 Å². The van der Waals surface area contributed by atoms with Crippen molar-refractivity contribution in [3.05, 3.63) is 53.6 Å². The quantitative estimate of drug-likeness (QED) is 0.654. The van der Waals surface area contributed by atoms with E-state index in [0.717, 1.165) is 11.1 Å². The van der Waals surface area contributed by atoms with Crippen LogP contribution in [-0.2, 0) is 14.8 Å². The van der Waals surface area contributed by atoms with E-state index in [4.69, 9.17) is 9.47 Å². The molecule has 2 aromatic carbocycles. The number of para-hydroxylation sites is 1. The molecule has 0 aromatic heterocycles. The molecule has 0 fully saturated rings. The lowest BCUT2D eigenvalue weighted by molar-refractivity contribution is 0.200. The Morgan fingerprint density at radius 2 is 1.74 bits per heavy atom. The van der Waals surface area contributed by atoms with Crippen LogP contribution in [0.4, 0.5) is 5.69 Å². The summed E-state index contributed by atoms with van der Waals surface area (Å²) in [7, 11) is -0.568. The highest BCUT2D eigenvalue weighted by Gasteiger charge is 2.24. The Balaban J connectivity index is 2.49. The fourth-order valence-electron chi connectivity index (χ4n) is 2.69. The van der Waals surface area contributed by atoms with Gasteiger partial charge in [-0.1, -0.05) is 43.7 Å². The third kappa shape index (κ3) is 5.64. The van der Waals surface area contributed by atoms with Gasteiger partial charge in [0, 0.05) is 7.11 Å². The topological polar surface area (TPSA) is 64.6 Å². The number of aryl methyl sites for hydroxylation is 1. The summed E-state index contributed by atoms with van der Waals surface area (Å²) in [6, 6.07) is 12.3. The lowest BCUT2D eigenvalue weighted by Crippen LogP contribution is -2.17. The third-order valence-corrected chi connectivity index (χ3v) is 6.58. The van der Waals surface area contributed by atoms with E-state index in [1.807, 2.05) is 19.1 Å². The summed E-state index contributed by atoms with van der Waals surface area (Å²) >= 11 is 1.72. The minimum Gasteiger partial charge on any atom is -0.495 e. The smallest absolute Gasteiger partial charge is 0.262 e. The van der Waals surface area contributed by atoms with E-state index in [0.29, 0.717) is 23.3 Å². The summed E-state index contributed by atoms with van der Waals surface area (Å²) < 4.78 is 39.4. The Bertz CT molecular complexity index is 849. The molecule has 0 saturated carbocycles. The maximum atomic E-state index is 12.9. The fraction of sp³-hybridized carbons (Fsp3) is 0.400. The Labute approximate surface area is 166 Å².